The van der Waals surface area contributed by atoms with E-state index in [1.54, 1.807) is 13.8 Å². The van der Waals surface area contributed by atoms with Crippen molar-refractivity contribution in [3.8, 4) is 0 Å². The molecule has 0 radical (unpaired) electrons. The van der Waals surface area contributed by atoms with Crippen molar-refractivity contribution < 1.29 is 22.0 Å². The molecule has 8 heteroatoms. The fraction of sp³-hybridized carbons (Fsp3) is 1.00. The van der Waals surface area contributed by atoms with Crippen LogP contribution < -0.4 is 5.73 Å². The molecular formula is C8H20NO5PS. The van der Waals surface area contributed by atoms with E-state index in [9.17, 15) is 13.0 Å². The van der Waals surface area contributed by atoms with Gasteiger partial charge in [-0.1, -0.05) is 0 Å². The molecule has 0 spiro atoms. The van der Waals surface area contributed by atoms with Crippen molar-refractivity contribution in [2.24, 2.45) is 5.73 Å². The van der Waals surface area contributed by atoms with Gasteiger partial charge in [0.15, 0.2) is 15.3 Å². The van der Waals surface area contributed by atoms with E-state index in [0.717, 1.165) is 0 Å². The van der Waals surface area contributed by atoms with Gasteiger partial charge in [-0.2, -0.15) is 0 Å². The third kappa shape index (κ3) is 6.60. The fourth-order valence-corrected chi connectivity index (χ4v) is 5.62. The minimum absolute atomic E-state index is 0.0896. The van der Waals surface area contributed by atoms with Crippen molar-refractivity contribution in [2.75, 3.05) is 31.0 Å². The SMILES string of the molecule is CCOP(=O)(CS(=O)(=O)CCCN)OCC. The summed E-state index contributed by atoms with van der Waals surface area (Å²) in [6.45, 7) is 3.87. The second kappa shape index (κ2) is 7.40. The van der Waals surface area contributed by atoms with Crippen molar-refractivity contribution >= 4 is 17.4 Å². The van der Waals surface area contributed by atoms with Crippen molar-refractivity contribution in [2.45, 2.75) is 20.3 Å². The highest BCUT2D eigenvalue weighted by atomic mass is 32.2. The quantitative estimate of drug-likeness (QED) is 0.629. The first-order valence-corrected chi connectivity index (χ1v) is 8.72. The summed E-state index contributed by atoms with van der Waals surface area (Å²) in [4.78, 5) is 0. The molecule has 0 amide bonds. The average molecular weight is 273 g/mol. The fourth-order valence-electron chi connectivity index (χ4n) is 1.11. The number of hydrogen-bond acceptors (Lipinski definition) is 6. The van der Waals surface area contributed by atoms with Gasteiger partial charge in [0.1, 0.15) is 0 Å². The van der Waals surface area contributed by atoms with Crippen LogP contribution in [0, 0.1) is 0 Å². The average Bonchev–Trinajstić information content (AvgIpc) is 2.14. The smallest absolute Gasteiger partial charge is 0.330 e. The number of rotatable bonds is 9. The van der Waals surface area contributed by atoms with Crippen molar-refractivity contribution in [1.82, 2.24) is 0 Å². The highest BCUT2D eigenvalue weighted by Gasteiger charge is 2.30. The van der Waals surface area contributed by atoms with Crippen LogP contribution in [0.25, 0.3) is 0 Å². The Kier molecular flexibility index (Phi) is 7.43. The second-order valence-corrected chi connectivity index (χ2v) is 7.83. The highest BCUT2D eigenvalue weighted by molar-refractivity contribution is 7.97. The van der Waals surface area contributed by atoms with E-state index in [1.807, 2.05) is 0 Å². The summed E-state index contributed by atoms with van der Waals surface area (Å²) in [5.74, 6) is -0.0896. The Balaban J connectivity index is 4.55. The summed E-state index contributed by atoms with van der Waals surface area (Å²) < 4.78 is 44.9. The molecule has 0 unspecified atom stereocenters. The van der Waals surface area contributed by atoms with Crippen LogP contribution in [0.3, 0.4) is 0 Å². The molecule has 0 saturated heterocycles. The predicted octanol–water partition coefficient (Wildman–Crippen LogP) is 0.974. The van der Waals surface area contributed by atoms with Crippen LogP contribution in [-0.4, -0.2) is 39.4 Å². The third-order valence-electron chi connectivity index (χ3n) is 1.67. The van der Waals surface area contributed by atoms with E-state index in [4.69, 9.17) is 14.8 Å². The zero-order valence-electron chi connectivity index (χ0n) is 9.72. The van der Waals surface area contributed by atoms with Crippen molar-refractivity contribution in [3.05, 3.63) is 0 Å². The zero-order chi connectivity index (χ0) is 12.7. The molecule has 0 fully saturated rings. The lowest BCUT2D eigenvalue weighted by Gasteiger charge is -2.16. The molecule has 98 valence electrons. The lowest BCUT2D eigenvalue weighted by Crippen LogP contribution is -2.16. The number of hydrogen-bond donors (Lipinski definition) is 1. The summed E-state index contributed by atoms with van der Waals surface area (Å²) in [5, 5.41) is 0. The molecule has 0 rings (SSSR count). The number of nitrogens with two attached hydrogens (primary N) is 1. The Hall–Kier alpha value is 0.0600. The monoisotopic (exact) mass is 273 g/mol. The normalized spacial score (nSPS) is 12.9. The van der Waals surface area contributed by atoms with Gasteiger partial charge in [0, 0.05) is 0 Å². The summed E-state index contributed by atoms with van der Waals surface area (Å²) in [7, 11) is -6.95. The summed E-state index contributed by atoms with van der Waals surface area (Å²) in [6.07, 6.45) is 0.348. The first-order chi connectivity index (χ1) is 7.39. The molecule has 2 N–H and O–H groups in total. The molecule has 0 saturated carbocycles. The van der Waals surface area contributed by atoms with Gasteiger partial charge in [-0.05, 0) is 26.8 Å². The Morgan fingerprint density at radius 1 is 1.19 bits per heavy atom. The van der Waals surface area contributed by atoms with Crippen LogP contribution in [0.1, 0.15) is 20.3 Å². The molecule has 0 aliphatic heterocycles. The first kappa shape index (κ1) is 16.1. The predicted molar refractivity (Wildman–Crippen MR) is 63.2 cm³/mol. The lowest BCUT2D eigenvalue weighted by molar-refractivity contribution is 0.224. The van der Waals surface area contributed by atoms with Crippen LogP contribution in [0.15, 0.2) is 0 Å². The van der Waals surface area contributed by atoms with Gasteiger partial charge >= 0.3 is 7.60 Å². The molecule has 16 heavy (non-hydrogen) atoms. The molecule has 0 aromatic rings. The van der Waals surface area contributed by atoms with Crippen LogP contribution in [-0.2, 0) is 23.4 Å². The van der Waals surface area contributed by atoms with Gasteiger partial charge in [0.05, 0.1) is 19.0 Å². The molecule has 0 heterocycles. The minimum atomic E-state index is -3.51. The van der Waals surface area contributed by atoms with Crippen molar-refractivity contribution in [3.63, 3.8) is 0 Å². The maximum atomic E-state index is 11.9. The lowest BCUT2D eigenvalue weighted by atomic mass is 10.5. The third-order valence-corrected chi connectivity index (χ3v) is 6.72. The van der Waals surface area contributed by atoms with Gasteiger partial charge in [0.25, 0.3) is 0 Å². The molecule has 0 bridgehead atoms. The Morgan fingerprint density at radius 2 is 1.69 bits per heavy atom. The molecule has 0 aliphatic rings. The first-order valence-electron chi connectivity index (χ1n) is 5.17. The van der Waals surface area contributed by atoms with Crippen LogP contribution in [0.4, 0.5) is 0 Å². The summed E-state index contributed by atoms with van der Waals surface area (Å²) in [6, 6.07) is 0. The summed E-state index contributed by atoms with van der Waals surface area (Å²) in [5.41, 5.74) is 4.65. The van der Waals surface area contributed by atoms with Gasteiger partial charge in [-0.3, -0.25) is 4.57 Å². The van der Waals surface area contributed by atoms with Crippen molar-refractivity contribution in [1.29, 1.82) is 0 Å². The van der Waals surface area contributed by atoms with Crippen LogP contribution in [0.2, 0.25) is 0 Å². The van der Waals surface area contributed by atoms with Crippen LogP contribution >= 0.6 is 7.60 Å². The van der Waals surface area contributed by atoms with E-state index >= 15 is 0 Å². The standard InChI is InChI=1S/C8H20NO5PS/c1-3-13-15(10,14-4-2)8-16(11,12)7-5-6-9/h3-9H2,1-2H3. The Morgan fingerprint density at radius 3 is 2.06 bits per heavy atom. The largest absolute Gasteiger partial charge is 0.345 e. The molecule has 0 aliphatic carbocycles. The number of sulfone groups is 1. The maximum Gasteiger partial charge on any atom is 0.345 e. The zero-order valence-corrected chi connectivity index (χ0v) is 11.4. The molecule has 6 nitrogen and oxygen atoms in total. The van der Waals surface area contributed by atoms with E-state index in [2.05, 4.69) is 0 Å². The molecular weight excluding hydrogens is 253 g/mol. The van der Waals surface area contributed by atoms with Gasteiger partial charge < -0.3 is 14.8 Å². The van der Waals surface area contributed by atoms with Gasteiger partial charge in [-0.15, -0.1) is 0 Å². The summed E-state index contributed by atoms with van der Waals surface area (Å²) >= 11 is 0. The van der Waals surface area contributed by atoms with Gasteiger partial charge in [-0.25, -0.2) is 8.42 Å². The minimum Gasteiger partial charge on any atom is -0.330 e. The second-order valence-electron chi connectivity index (χ2n) is 3.17. The topological polar surface area (TPSA) is 95.7 Å². The molecule has 0 aromatic carbocycles. The Bertz CT molecular complexity index is 319. The molecule has 0 atom stereocenters. The van der Waals surface area contributed by atoms with Gasteiger partial charge in [0.2, 0.25) is 0 Å². The van der Waals surface area contributed by atoms with E-state index in [1.165, 1.54) is 0 Å². The van der Waals surface area contributed by atoms with E-state index < -0.39 is 22.9 Å². The maximum absolute atomic E-state index is 11.9. The Labute approximate surface area is 96.9 Å². The van der Waals surface area contributed by atoms with E-state index in [0.29, 0.717) is 6.42 Å². The molecule has 0 aromatic heterocycles. The highest BCUT2D eigenvalue weighted by Crippen LogP contribution is 2.49. The van der Waals surface area contributed by atoms with Crippen LogP contribution in [0.5, 0.6) is 0 Å². The van der Waals surface area contributed by atoms with E-state index in [-0.39, 0.29) is 25.5 Å².